The van der Waals surface area contributed by atoms with E-state index in [4.69, 9.17) is 99.5 Å². The Balaban J connectivity index is 0.754. The zero-order valence-electron chi connectivity index (χ0n) is 63.8. The lowest BCUT2D eigenvalue weighted by Crippen LogP contribution is -2.69. The minimum atomic E-state index is -2.49. The molecule has 11 aliphatic heterocycles. The maximum atomic E-state index is 12.0. The average Bonchev–Trinajstić information content (AvgIpc) is 0.769. The molecule has 0 bridgehead atoms. The number of ether oxygens (including phenoxy) is 21. The van der Waals surface area contributed by atoms with Gasteiger partial charge < -0.3 is 278 Å². The zero-order valence-corrected chi connectivity index (χ0v) is 63.8. The van der Waals surface area contributed by atoms with Gasteiger partial charge in [0.2, 0.25) is 0 Å². The molecule has 122 heavy (non-hydrogen) atoms. The Bertz CT molecular complexity index is 3090. The summed E-state index contributed by atoms with van der Waals surface area (Å²) in [5.41, 5.74) is 0. The number of aliphatic hydroxyl groups is 35. The van der Waals surface area contributed by atoms with Gasteiger partial charge in [-0.3, -0.25) is 0 Å². The van der Waals surface area contributed by atoms with Crippen LogP contribution in [-0.4, -0.2) is 589 Å². The van der Waals surface area contributed by atoms with E-state index < -0.39 is 410 Å². The Hall–Kier alpha value is -2.24. The van der Waals surface area contributed by atoms with Crippen molar-refractivity contribution in [3.8, 4) is 0 Å². The molecule has 0 aromatic rings. The third-order valence-electron chi connectivity index (χ3n) is 23.0. The van der Waals surface area contributed by atoms with E-state index >= 15 is 0 Å². The highest BCUT2D eigenvalue weighted by Gasteiger charge is 2.63. The van der Waals surface area contributed by atoms with Crippen LogP contribution in [0.2, 0.25) is 0 Å². The van der Waals surface area contributed by atoms with Crippen LogP contribution in [0.25, 0.3) is 0 Å². The van der Waals surface area contributed by atoms with E-state index in [-0.39, 0.29) is 0 Å². The number of hydrogen-bond acceptors (Lipinski definition) is 56. The molecule has 1 unspecified atom stereocenters. The second kappa shape index (κ2) is 43.4. The number of rotatable bonds is 31. The van der Waals surface area contributed by atoms with Crippen LogP contribution in [0, 0.1) is 0 Å². The average molecular weight is 1800 g/mol. The van der Waals surface area contributed by atoms with Crippen molar-refractivity contribution < 1.29 is 278 Å². The van der Waals surface area contributed by atoms with Gasteiger partial charge >= 0.3 is 0 Å². The van der Waals surface area contributed by atoms with Crippen LogP contribution in [0.3, 0.4) is 0 Å². The third-order valence-corrected chi connectivity index (χ3v) is 23.0. The predicted molar refractivity (Wildman–Crippen MR) is 362 cm³/mol. The van der Waals surface area contributed by atoms with Gasteiger partial charge in [-0.2, -0.15) is 0 Å². The maximum Gasteiger partial charge on any atom is 0.187 e. The lowest BCUT2D eigenvalue weighted by Gasteiger charge is -2.50. The summed E-state index contributed by atoms with van der Waals surface area (Å²) < 4.78 is 118. The van der Waals surface area contributed by atoms with Crippen molar-refractivity contribution >= 4 is 0 Å². The van der Waals surface area contributed by atoms with Gasteiger partial charge in [-0.05, 0) is 0 Å². The van der Waals surface area contributed by atoms with Crippen molar-refractivity contribution in [1.29, 1.82) is 0 Å². The molecule has 35 N–H and O–H groups in total. The van der Waals surface area contributed by atoms with E-state index in [1.807, 2.05) is 0 Å². The summed E-state index contributed by atoms with van der Waals surface area (Å²) in [7, 11) is 0. The summed E-state index contributed by atoms with van der Waals surface area (Å²) in [6.07, 6.45) is -118. The Morgan fingerprint density at radius 3 is 0.377 bits per heavy atom. The normalized spacial score (nSPS) is 53.8. The summed E-state index contributed by atoms with van der Waals surface area (Å²) in [6, 6.07) is 0. The summed E-state index contributed by atoms with van der Waals surface area (Å²) in [6.45, 7) is -12.3. The van der Waals surface area contributed by atoms with Gasteiger partial charge in [-0.1, -0.05) is 0 Å². The van der Waals surface area contributed by atoms with Crippen molar-refractivity contribution in [2.75, 3.05) is 72.7 Å². The molecule has 11 rings (SSSR count). The van der Waals surface area contributed by atoms with Gasteiger partial charge in [-0.25, -0.2) is 0 Å². The highest BCUT2D eigenvalue weighted by Crippen LogP contribution is 2.42. The zero-order chi connectivity index (χ0) is 89.4. The molecule has 56 heteroatoms. The lowest BCUT2D eigenvalue weighted by molar-refractivity contribution is -0.404. The van der Waals surface area contributed by atoms with Gasteiger partial charge in [0, 0.05) is 0 Å². The van der Waals surface area contributed by atoms with Gasteiger partial charge in [0.1, 0.15) is 269 Å². The van der Waals surface area contributed by atoms with Crippen molar-refractivity contribution in [3.05, 3.63) is 0 Å². The molecule has 56 nitrogen and oxygen atoms in total. The van der Waals surface area contributed by atoms with E-state index in [9.17, 15) is 179 Å². The standard InChI is InChI=1S/C66H112O56/c67-1-12-23(78)34(89)35(90)57(103-12)114-47-25(80)14(3-69)105-59(37(47)92)116-49-27(82)16(5-71)107-61(39(49)94)118-51-29(84)18(7-73)109-63(41(51)96)120-53-31(86)20(9-75)111-65(43(53)98)122-55-33(88)22(11-77)112-66(45(55)100)121-54-32(87)21(10-76)110-64(44(54)99)119-52-30(85)19(8-74)108-62(42(52)97)117-50-28(83)17(6-72)106-60(40(50)95)115-48-26(81)15(4-70)104-58(38(48)93)113-46-24(79)13(2-68)102-56(101)36(46)91/h12-101H,1-11H2/t12-,13-,14-,15-,16-,17-,18-,19-,20-,21-,22-,23-,24-,25-,26-,27-,28-,29-,30-,31-,32-,33-,34+,35-,36-,37-,38-,39-,40-,41-,42-,43-,44-,45-,46+,47+,48+,49+,50+,51+,52+,53+,54+,55+,56?,57+,58+,59+,60+,61+,62+,63+,64+,65+,66+/m1/s1. The van der Waals surface area contributed by atoms with Crippen LogP contribution in [0.1, 0.15) is 0 Å². The fourth-order valence-corrected chi connectivity index (χ4v) is 15.9. The molecule has 11 fully saturated rings. The first kappa shape index (κ1) is 100. The van der Waals surface area contributed by atoms with Crippen LogP contribution in [0.4, 0.5) is 0 Å². The molecule has 0 amide bonds. The van der Waals surface area contributed by atoms with Gasteiger partial charge in [0.05, 0.1) is 72.7 Å². The monoisotopic (exact) mass is 1800 g/mol. The van der Waals surface area contributed by atoms with E-state index in [0.717, 1.165) is 0 Å². The highest BCUT2D eigenvalue weighted by atomic mass is 16.8. The van der Waals surface area contributed by atoms with Crippen molar-refractivity contribution in [2.45, 2.75) is 338 Å². The van der Waals surface area contributed by atoms with Crippen LogP contribution in [0.15, 0.2) is 0 Å². The molecule has 0 spiro atoms. The van der Waals surface area contributed by atoms with Crippen LogP contribution in [-0.2, 0) is 99.5 Å². The third kappa shape index (κ3) is 20.5. The molecule has 55 atom stereocenters. The first-order chi connectivity index (χ1) is 57.9. The maximum absolute atomic E-state index is 12.0. The Morgan fingerprint density at radius 2 is 0.238 bits per heavy atom. The van der Waals surface area contributed by atoms with Crippen molar-refractivity contribution in [3.63, 3.8) is 0 Å². The molecular formula is C66H112O56. The molecule has 0 aromatic carbocycles. The predicted octanol–water partition coefficient (Wildman–Crippen LogP) is -25.0. The smallest absolute Gasteiger partial charge is 0.187 e. The minimum Gasteiger partial charge on any atom is -0.394 e. The quantitative estimate of drug-likeness (QED) is 0.0306. The fraction of sp³-hybridized carbons (Fsp3) is 1.00. The minimum absolute atomic E-state index is 0.924. The molecule has 0 aliphatic carbocycles. The van der Waals surface area contributed by atoms with E-state index in [0.29, 0.717) is 0 Å². The topological polar surface area (TPSA) is 902 Å². The Morgan fingerprint density at radius 1 is 0.123 bits per heavy atom. The molecule has 11 aliphatic rings. The second-order valence-electron chi connectivity index (χ2n) is 30.8. The van der Waals surface area contributed by atoms with Crippen LogP contribution in [0.5, 0.6) is 0 Å². The first-order valence-electron chi connectivity index (χ1n) is 38.7. The fourth-order valence-electron chi connectivity index (χ4n) is 15.9. The first-order valence-corrected chi connectivity index (χ1v) is 38.7. The lowest BCUT2D eigenvalue weighted by atomic mass is 9.94. The van der Waals surface area contributed by atoms with E-state index in [1.54, 1.807) is 0 Å². The highest BCUT2D eigenvalue weighted by molar-refractivity contribution is 5.05. The Kier molecular flexibility index (Phi) is 35.7. The summed E-state index contributed by atoms with van der Waals surface area (Å²) in [5.74, 6) is 0. The van der Waals surface area contributed by atoms with Gasteiger partial charge in [0.25, 0.3) is 0 Å². The molecule has 0 aromatic heterocycles. The number of hydrogen-bond donors (Lipinski definition) is 35. The van der Waals surface area contributed by atoms with E-state index in [2.05, 4.69) is 0 Å². The van der Waals surface area contributed by atoms with Gasteiger partial charge in [-0.15, -0.1) is 0 Å². The van der Waals surface area contributed by atoms with Crippen molar-refractivity contribution in [2.24, 2.45) is 0 Å². The largest absolute Gasteiger partial charge is 0.394 e. The molecule has 712 valence electrons. The van der Waals surface area contributed by atoms with E-state index in [1.165, 1.54) is 0 Å². The molecule has 11 heterocycles. The van der Waals surface area contributed by atoms with Gasteiger partial charge in [0.15, 0.2) is 69.2 Å². The number of aliphatic hydroxyl groups excluding tert-OH is 35. The molecule has 0 radical (unpaired) electrons. The second-order valence-corrected chi connectivity index (χ2v) is 30.8. The Labute approximate surface area is 687 Å². The van der Waals surface area contributed by atoms with Crippen LogP contribution >= 0.6 is 0 Å². The summed E-state index contributed by atoms with van der Waals surface area (Å²) in [4.78, 5) is 0. The molecule has 0 saturated carbocycles. The molecule has 11 saturated heterocycles. The van der Waals surface area contributed by atoms with Crippen LogP contribution < -0.4 is 0 Å². The van der Waals surface area contributed by atoms with Crippen molar-refractivity contribution in [1.82, 2.24) is 0 Å². The SMILES string of the molecule is OC[C@H]1O[C@@H](O[C@@H]2[C@@H](O)[C@H](O[C@@H]3[C@@H](O)[C@H](O[C@@H]4[C@@H](O)[C@H](O[C@@H]5[C@@H](O)[C@H](O[C@@H]6[C@@H](O)[C@H](O[C@@H]7[C@@H](O)[C@H](O[C@@H]8[C@@H](O)[C@H](O[C@@H]9[C@@H](O)[C@H](O[C@@H]%10[C@@H](O)[C@H](O[C@H]%11[C@H](O)[C@@H](CO)OC(O)[C@@H]%11O)O[C@H](CO)[C@H]%10O)O[C@H](CO)[C@H]9O)O[C@H](CO)[C@H]8O)O[C@H](CO)[C@H]7O)O[C@H](CO)[C@H]6O)O[C@H](CO)[C@H]5O)O[C@H](CO)[C@H]4O)O[C@H](CO)[C@H]3O)O[C@H](CO)[C@H]2O)[C@H](O)[C@@H](O)[C@@H]1O. The summed E-state index contributed by atoms with van der Waals surface area (Å²) >= 11 is 0. The molecular weight excluding hydrogens is 1690 g/mol. The summed E-state index contributed by atoms with van der Waals surface area (Å²) in [5, 5.41) is 385.